The quantitative estimate of drug-likeness (QED) is 0.0984. The molecule has 0 bridgehead atoms. The molecule has 3 aromatic carbocycles. The van der Waals surface area contributed by atoms with Crippen LogP contribution in [0.5, 0.6) is 23.0 Å². The minimum Gasteiger partial charge on any atom is -0.493 e. The Labute approximate surface area is 227 Å². The van der Waals surface area contributed by atoms with E-state index in [2.05, 4.69) is 39.7 Å². The van der Waals surface area contributed by atoms with E-state index in [4.69, 9.17) is 18.9 Å². The first-order valence-electron chi connectivity index (χ1n) is 10.8. The zero-order chi connectivity index (χ0) is 26.8. The number of hydrogen-bond donors (Lipinski definition) is 1. The maximum atomic E-state index is 12.5. The lowest BCUT2D eigenvalue weighted by Gasteiger charge is -2.13. The van der Waals surface area contributed by atoms with Gasteiger partial charge in [0, 0.05) is 17.7 Å². The van der Waals surface area contributed by atoms with Crippen molar-refractivity contribution in [3.8, 4) is 23.0 Å². The van der Waals surface area contributed by atoms with Crippen molar-refractivity contribution in [3.63, 3.8) is 0 Å². The van der Waals surface area contributed by atoms with E-state index in [-0.39, 0.29) is 12.3 Å². The van der Waals surface area contributed by atoms with Crippen molar-refractivity contribution in [3.05, 3.63) is 97.6 Å². The number of nitrogens with one attached hydrogen (secondary N) is 1. The van der Waals surface area contributed by atoms with E-state index in [0.29, 0.717) is 40.7 Å². The summed E-state index contributed by atoms with van der Waals surface area (Å²) in [5.74, 6) is 1.49. The minimum absolute atomic E-state index is 0.0142. The molecule has 0 saturated heterocycles. The summed E-state index contributed by atoms with van der Waals surface area (Å²) in [6.45, 7) is 4.12. The van der Waals surface area contributed by atoms with Gasteiger partial charge in [0.25, 0.3) is 11.6 Å². The molecule has 192 valence electrons. The Morgan fingerprint density at radius 3 is 2.43 bits per heavy atom. The van der Waals surface area contributed by atoms with Gasteiger partial charge in [0.05, 0.1) is 28.9 Å². The normalized spacial score (nSPS) is 10.6. The fourth-order valence-electron chi connectivity index (χ4n) is 3.13. The number of nitro groups is 1. The highest BCUT2D eigenvalue weighted by Crippen LogP contribution is 2.34. The molecule has 0 aliphatic rings. The Kier molecular flexibility index (Phi) is 9.84. The second kappa shape index (κ2) is 13.3. The molecule has 1 N–H and O–H groups in total. The Hall–Kier alpha value is -4.13. The van der Waals surface area contributed by atoms with Crippen LogP contribution in [0.15, 0.2) is 72.4 Å². The van der Waals surface area contributed by atoms with Gasteiger partial charge in [0.2, 0.25) is 0 Å². The van der Waals surface area contributed by atoms with E-state index < -0.39 is 10.8 Å². The summed E-state index contributed by atoms with van der Waals surface area (Å²) in [4.78, 5) is 22.9. The number of hydrogen-bond acceptors (Lipinski definition) is 8. The monoisotopic (exact) mass is 617 g/mol. The Bertz CT molecular complexity index is 1310. The lowest BCUT2D eigenvalue weighted by atomic mass is 10.2. The molecule has 3 rings (SSSR count). The smallest absolute Gasteiger partial charge is 0.271 e. The predicted octanol–water partition coefficient (Wildman–Crippen LogP) is 5.12. The largest absolute Gasteiger partial charge is 0.493 e. The van der Waals surface area contributed by atoms with Crippen molar-refractivity contribution < 1.29 is 28.7 Å². The molecule has 0 heterocycles. The summed E-state index contributed by atoms with van der Waals surface area (Å²) in [5, 5.41) is 14.9. The van der Waals surface area contributed by atoms with E-state index in [1.165, 1.54) is 32.6 Å². The van der Waals surface area contributed by atoms with Gasteiger partial charge in [-0.05, 0) is 76.2 Å². The first-order chi connectivity index (χ1) is 17.9. The van der Waals surface area contributed by atoms with Crippen molar-refractivity contribution >= 4 is 40.4 Å². The SMILES string of the molecule is C=CCOc1ccc(C(=O)N/N=C/c2cc(I)c(OCc3ccc([N+](=O)[O-])cc3)c(OC)c2)cc1OC. The molecule has 0 unspecified atom stereocenters. The highest BCUT2D eigenvalue weighted by molar-refractivity contribution is 14.1. The van der Waals surface area contributed by atoms with Crippen LogP contribution in [-0.2, 0) is 6.61 Å². The zero-order valence-corrected chi connectivity index (χ0v) is 22.3. The van der Waals surface area contributed by atoms with Crippen LogP contribution in [0.3, 0.4) is 0 Å². The van der Waals surface area contributed by atoms with E-state index in [0.717, 1.165) is 9.13 Å². The molecule has 0 spiro atoms. The molecule has 0 aliphatic heterocycles. The second-order valence-corrected chi connectivity index (χ2v) is 8.57. The molecule has 3 aromatic rings. The van der Waals surface area contributed by atoms with Crippen LogP contribution in [-0.4, -0.2) is 37.9 Å². The molecule has 37 heavy (non-hydrogen) atoms. The van der Waals surface area contributed by atoms with E-state index in [1.807, 2.05) is 6.07 Å². The molecule has 0 fully saturated rings. The van der Waals surface area contributed by atoms with Crippen LogP contribution in [0, 0.1) is 13.7 Å². The summed E-state index contributed by atoms with van der Waals surface area (Å²) < 4.78 is 22.9. The van der Waals surface area contributed by atoms with Crippen LogP contribution in [0.25, 0.3) is 0 Å². The number of rotatable bonds is 12. The Balaban J connectivity index is 1.66. The van der Waals surface area contributed by atoms with Gasteiger partial charge in [-0.15, -0.1) is 0 Å². The number of carbonyl (C=O) groups is 1. The number of ether oxygens (including phenoxy) is 4. The Morgan fingerprint density at radius 1 is 1.05 bits per heavy atom. The van der Waals surface area contributed by atoms with Gasteiger partial charge < -0.3 is 18.9 Å². The molecule has 0 aliphatic carbocycles. The molecule has 11 heteroatoms. The molecule has 1 amide bonds. The number of nitrogens with zero attached hydrogens (tertiary/aromatic N) is 2. The number of halogens is 1. The molecule has 0 atom stereocenters. The molecular weight excluding hydrogens is 593 g/mol. The fourth-order valence-corrected chi connectivity index (χ4v) is 3.91. The van der Waals surface area contributed by atoms with Crippen molar-refractivity contribution in [1.29, 1.82) is 0 Å². The van der Waals surface area contributed by atoms with E-state index >= 15 is 0 Å². The van der Waals surface area contributed by atoms with Gasteiger partial charge in [-0.1, -0.05) is 12.7 Å². The summed E-state index contributed by atoms with van der Waals surface area (Å²) >= 11 is 2.11. The van der Waals surface area contributed by atoms with Crippen LogP contribution in [0.4, 0.5) is 5.69 Å². The number of non-ortho nitro benzene ring substituents is 1. The molecule has 0 radical (unpaired) electrons. The summed E-state index contributed by atoms with van der Waals surface area (Å²) in [6.07, 6.45) is 3.10. The molecule has 0 aromatic heterocycles. The molecular formula is C26H24IN3O7. The average Bonchev–Trinajstić information content (AvgIpc) is 2.91. The number of methoxy groups -OCH3 is 2. The van der Waals surface area contributed by atoms with Gasteiger partial charge in [0.1, 0.15) is 13.2 Å². The first kappa shape index (κ1) is 27.5. The Morgan fingerprint density at radius 2 is 1.78 bits per heavy atom. The van der Waals surface area contributed by atoms with Crippen molar-refractivity contribution in [2.75, 3.05) is 20.8 Å². The van der Waals surface area contributed by atoms with Crippen LogP contribution in [0.1, 0.15) is 21.5 Å². The maximum absolute atomic E-state index is 12.5. The van der Waals surface area contributed by atoms with Crippen molar-refractivity contribution in [2.24, 2.45) is 5.10 Å². The number of carbonyl (C=O) groups excluding carboxylic acids is 1. The lowest BCUT2D eigenvalue weighted by molar-refractivity contribution is -0.384. The van der Waals surface area contributed by atoms with Gasteiger partial charge >= 0.3 is 0 Å². The van der Waals surface area contributed by atoms with Gasteiger partial charge in [-0.25, -0.2) is 5.43 Å². The van der Waals surface area contributed by atoms with Gasteiger partial charge in [-0.2, -0.15) is 5.10 Å². The van der Waals surface area contributed by atoms with Crippen molar-refractivity contribution in [2.45, 2.75) is 6.61 Å². The highest BCUT2D eigenvalue weighted by atomic mass is 127. The average molecular weight is 617 g/mol. The minimum atomic E-state index is -0.452. The van der Waals surface area contributed by atoms with Gasteiger partial charge in [0.15, 0.2) is 23.0 Å². The predicted molar refractivity (Wildman–Crippen MR) is 147 cm³/mol. The summed E-state index contributed by atoms with van der Waals surface area (Å²) in [5.41, 5.74) is 4.30. The third-order valence-corrected chi connectivity index (χ3v) is 5.75. The van der Waals surface area contributed by atoms with E-state index in [9.17, 15) is 14.9 Å². The van der Waals surface area contributed by atoms with E-state index in [1.54, 1.807) is 42.5 Å². The van der Waals surface area contributed by atoms with Crippen LogP contribution >= 0.6 is 22.6 Å². The number of benzene rings is 3. The third-order valence-electron chi connectivity index (χ3n) is 4.94. The van der Waals surface area contributed by atoms with Crippen LogP contribution in [0.2, 0.25) is 0 Å². The summed E-state index contributed by atoms with van der Waals surface area (Å²) in [6, 6.07) is 14.5. The molecule has 0 saturated carbocycles. The maximum Gasteiger partial charge on any atom is 0.271 e. The number of amides is 1. The van der Waals surface area contributed by atoms with Crippen molar-refractivity contribution in [1.82, 2.24) is 5.43 Å². The topological polar surface area (TPSA) is 122 Å². The fraction of sp³-hybridized carbons (Fsp3) is 0.154. The number of hydrazone groups is 1. The highest BCUT2D eigenvalue weighted by Gasteiger charge is 2.13. The lowest BCUT2D eigenvalue weighted by Crippen LogP contribution is -2.17. The summed E-state index contributed by atoms with van der Waals surface area (Å²) in [7, 11) is 3.01. The first-order valence-corrected chi connectivity index (χ1v) is 11.9. The van der Waals surface area contributed by atoms with Crippen LogP contribution < -0.4 is 24.4 Å². The number of nitro benzene ring substituents is 1. The third kappa shape index (κ3) is 7.43. The van der Waals surface area contributed by atoms with Gasteiger partial charge in [-0.3, -0.25) is 14.9 Å². The molecule has 10 nitrogen and oxygen atoms in total. The zero-order valence-electron chi connectivity index (χ0n) is 20.1. The second-order valence-electron chi connectivity index (χ2n) is 7.41. The standard InChI is InChI=1S/C26H24IN3O7/c1-4-11-36-22-10-7-19(14-23(22)34-2)26(31)29-28-15-18-12-21(27)25(24(13-18)35-3)37-16-17-5-8-20(9-6-17)30(32)33/h4-10,12-15H,1,11,16H2,2-3H3,(H,29,31)/b28-15+.